The number of nitriles is 4. The Labute approximate surface area is 279 Å². The Balaban J connectivity index is 2.81. The van der Waals surface area contributed by atoms with E-state index in [1.165, 1.54) is 0 Å². The van der Waals surface area contributed by atoms with Gasteiger partial charge in [-0.05, 0) is 62.9 Å². The lowest BCUT2D eigenvalue weighted by atomic mass is 9.50. The topological polar surface area (TPSA) is 98.4 Å². The Morgan fingerprint density at radius 2 is 1.24 bits per heavy atom. The summed E-state index contributed by atoms with van der Waals surface area (Å²) in [7, 11) is 1.57. The second-order valence-electron chi connectivity index (χ2n) is 15.8. The molecule has 0 saturated heterocycles. The minimum absolute atomic E-state index is 0.346. The molecule has 0 fully saturated rings. The van der Waals surface area contributed by atoms with Crippen molar-refractivity contribution in [3.63, 3.8) is 0 Å². The van der Waals surface area contributed by atoms with Gasteiger partial charge in [0.15, 0.2) is 10.8 Å². The lowest BCUT2D eigenvalue weighted by Crippen LogP contribution is -2.50. The van der Waals surface area contributed by atoms with Crippen molar-refractivity contribution in [2.24, 2.45) is 27.1 Å². The fourth-order valence-corrected chi connectivity index (χ4v) is 14.3. The maximum absolute atomic E-state index is 11.5. The average Bonchev–Trinajstić information content (AvgIpc) is 3.34. The highest BCUT2D eigenvalue weighted by Gasteiger charge is 2.75. The van der Waals surface area contributed by atoms with Gasteiger partial charge in [-0.25, -0.2) is 0 Å². The summed E-state index contributed by atoms with van der Waals surface area (Å²) in [6.07, 6.45) is 2.18. The lowest BCUT2D eigenvalue weighted by Gasteiger charge is -2.48. The molecule has 46 heavy (non-hydrogen) atoms. The standard InChI is InChI=1S/C40H51N5Si/c1-15-16-32-34-35(33(38(23-41,24-42)37(34,11)12)30-17-19-31(20-18-30)45(13)14)39(25-43,26-44)40(32,36(8,9)10)21-22-46(27(2)3,28(4)5)29(6)7/h15,17-20,27-29H,1,16H2,2-14H3. The van der Waals surface area contributed by atoms with Crippen LogP contribution in [-0.2, 0) is 0 Å². The summed E-state index contributed by atoms with van der Waals surface area (Å²) in [4.78, 5) is 1.98. The van der Waals surface area contributed by atoms with Crippen LogP contribution in [0, 0.1) is 83.9 Å². The van der Waals surface area contributed by atoms with Crippen molar-refractivity contribution in [3.8, 4) is 35.7 Å². The van der Waals surface area contributed by atoms with Crippen molar-refractivity contribution in [2.45, 2.75) is 99.2 Å². The monoisotopic (exact) mass is 629 g/mol. The van der Waals surface area contributed by atoms with E-state index in [2.05, 4.69) is 105 Å². The molecule has 0 aromatic heterocycles. The molecule has 0 radical (unpaired) electrons. The zero-order valence-electron chi connectivity index (χ0n) is 30.3. The Kier molecular flexibility index (Phi) is 9.48. The molecule has 5 nitrogen and oxygen atoms in total. The highest BCUT2D eigenvalue weighted by molar-refractivity contribution is 6.90. The molecule has 3 rings (SSSR count). The van der Waals surface area contributed by atoms with Crippen LogP contribution in [0.3, 0.4) is 0 Å². The second-order valence-corrected chi connectivity index (χ2v) is 21.3. The number of nitrogens with zero attached hydrogens (tertiary/aromatic N) is 5. The van der Waals surface area contributed by atoms with Crippen molar-refractivity contribution in [3.05, 3.63) is 59.2 Å². The first kappa shape index (κ1) is 36.4. The summed E-state index contributed by atoms with van der Waals surface area (Å²) in [6, 6.07) is 17.6. The number of allylic oxidation sites excluding steroid dienone is 5. The van der Waals surface area contributed by atoms with E-state index in [0.717, 1.165) is 16.8 Å². The summed E-state index contributed by atoms with van der Waals surface area (Å²) in [5, 5.41) is 44.9. The van der Waals surface area contributed by atoms with Gasteiger partial charge in [0.25, 0.3) is 0 Å². The third kappa shape index (κ3) is 4.44. The molecular formula is C40H51N5Si. The molecule has 0 N–H and O–H groups in total. The van der Waals surface area contributed by atoms with Gasteiger partial charge in [-0.3, -0.25) is 0 Å². The lowest BCUT2D eigenvalue weighted by molar-refractivity contribution is 0.138. The van der Waals surface area contributed by atoms with Crippen LogP contribution in [0.15, 0.2) is 53.6 Å². The van der Waals surface area contributed by atoms with Gasteiger partial charge in [-0.2, -0.15) is 21.0 Å². The Morgan fingerprint density at radius 3 is 1.59 bits per heavy atom. The maximum Gasteiger partial charge on any atom is 0.189 e. The minimum atomic E-state index is -2.33. The van der Waals surface area contributed by atoms with Crippen molar-refractivity contribution >= 4 is 19.3 Å². The molecule has 0 bridgehead atoms. The molecule has 2 aliphatic rings. The van der Waals surface area contributed by atoms with Gasteiger partial charge in [0.2, 0.25) is 0 Å². The first-order chi connectivity index (χ1) is 21.3. The maximum atomic E-state index is 11.5. The van der Waals surface area contributed by atoms with E-state index in [1.807, 2.05) is 63.2 Å². The minimum Gasteiger partial charge on any atom is -0.378 e. The van der Waals surface area contributed by atoms with Crippen LogP contribution in [0.5, 0.6) is 0 Å². The number of anilines is 1. The normalized spacial score (nSPS) is 21.2. The first-order valence-corrected chi connectivity index (χ1v) is 18.6. The fraction of sp³-hybridized carbons (Fsp3) is 0.550. The molecule has 240 valence electrons. The van der Waals surface area contributed by atoms with E-state index in [-0.39, 0.29) is 0 Å². The highest BCUT2D eigenvalue weighted by atomic mass is 28.3. The van der Waals surface area contributed by atoms with E-state index in [9.17, 15) is 21.0 Å². The van der Waals surface area contributed by atoms with Gasteiger partial charge in [0.1, 0.15) is 8.07 Å². The first-order valence-electron chi connectivity index (χ1n) is 16.3. The molecule has 1 aromatic carbocycles. The molecule has 1 aromatic rings. The van der Waals surface area contributed by atoms with Gasteiger partial charge in [0.05, 0.1) is 29.7 Å². The van der Waals surface area contributed by atoms with Crippen LogP contribution in [0.2, 0.25) is 16.6 Å². The Morgan fingerprint density at radius 1 is 0.783 bits per heavy atom. The molecule has 1 unspecified atom stereocenters. The van der Waals surface area contributed by atoms with Gasteiger partial charge >= 0.3 is 0 Å². The summed E-state index contributed by atoms with van der Waals surface area (Å²) in [5.74, 6) is 3.83. The molecular weight excluding hydrogens is 579 g/mol. The van der Waals surface area contributed by atoms with E-state index in [0.29, 0.717) is 39.8 Å². The summed E-state index contributed by atoms with van der Waals surface area (Å²) in [5.41, 5.74) is 2.67. The van der Waals surface area contributed by atoms with Crippen molar-refractivity contribution in [1.29, 1.82) is 21.0 Å². The third-order valence-electron chi connectivity index (χ3n) is 11.3. The molecule has 0 amide bonds. The SMILES string of the molecule is C=CCC1=C2C(=C(c3ccc(N(C)C)cc3)C(C#N)(C#N)C2(C)C)C(C#N)(C#N)C1(C#C[Si](C(C)C)(C(C)C)C(C)C)C(C)(C)C. The Bertz CT molecular complexity index is 1650. The number of hydrogen-bond acceptors (Lipinski definition) is 5. The zero-order chi connectivity index (χ0) is 35.3. The van der Waals surface area contributed by atoms with Crippen LogP contribution in [0.4, 0.5) is 5.69 Å². The predicted molar refractivity (Wildman–Crippen MR) is 191 cm³/mol. The van der Waals surface area contributed by atoms with Crippen LogP contribution < -0.4 is 4.90 Å². The quantitative estimate of drug-likeness (QED) is 0.170. The van der Waals surface area contributed by atoms with Crippen molar-refractivity contribution in [2.75, 3.05) is 19.0 Å². The zero-order valence-corrected chi connectivity index (χ0v) is 31.3. The van der Waals surface area contributed by atoms with Crippen LogP contribution >= 0.6 is 0 Å². The Hall–Kier alpha value is -4.02. The van der Waals surface area contributed by atoms with Gasteiger partial charge in [-0.15, -0.1) is 12.1 Å². The smallest absolute Gasteiger partial charge is 0.189 e. The van der Waals surface area contributed by atoms with E-state index in [1.54, 1.807) is 0 Å². The second kappa shape index (κ2) is 12.0. The van der Waals surface area contributed by atoms with Gasteiger partial charge in [-0.1, -0.05) is 100 Å². The number of hydrogen-bond donors (Lipinski definition) is 0. The fourth-order valence-electron chi connectivity index (χ4n) is 9.04. The summed E-state index contributed by atoms with van der Waals surface area (Å²) in [6.45, 7) is 27.7. The van der Waals surface area contributed by atoms with Gasteiger partial charge < -0.3 is 4.90 Å². The number of benzene rings is 1. The van der Waals surface area contributed by atoms with Gasteiger partial charge in [0, 0.05) is 30.8 Å². The van der Waals surface area contributed by atoms with E-state index in [4.69, 9.17) is 0 Å². The summed E-state index contributed by atoms with van der Waals surface area (Å²) < 4.78 is 0. The average molecular weight is 630 g/mol. The predicted octanol–water partition coefficient (Wildman–Crippen LogP) is 9.75. The molecule has 0 saturated carbocycles. The molecule has 2 aliphatic carbocycles. The highest BCUT2D eigenvalue weighted by Crippen LogP contribution is 2.76. The number of fused-ring (bicyclic) bond motifs is 1. The largest absolute Gasteiger partial charge is 0.378 e. The van der Waals surface area contributed by atoms with Crippen molar-refractivity contribution in [1.82, 2.24) is 0 Å². The molecule has 6 heteroatoms. The van der Waals surface area contributed by atoms with E-state index < -0.39 is 35.1 Å². The molecule has 0 aliphatic heterocycles. The summed E-state index contributed by atoms with van der Waals surface area (Å²) >= 11 is 0. The van der Waals surface area contributed by atoms with Crippen LogP contribution in [-0.4, -0.2) is 22.2 Å². The van der Waals surface area contributed by atoms with Crippen LogP contribution in [0.1, 0.15) is 88.1 Å². The molecule has 0 heterocycles. The van der Waals surface area contributed by atoms with Crippen LogP contribution in [0.25, 0.3) is 5.57 Å². The number of rotatable bonds is 7. The van der Waals surface area contributed by atoms with Crippen molar-refractivity contribution < 1.29 is 0 Å². The third-order valence-corrected chi connectivity index (χ3v) is 17.6. The molecule has 1 atom stereocenters. The van der Waals surface area contributed by atoms with E-state index >= 15 is 0 Å². The molecule has 0 spiro atoms.